The molecule has 0 aliphatic carbocycles. The van der Waals surface area contributed by atoms with E-state index < -0.39 is 12.1 Å². The number of benzene rings is 1. The van der Waals surface area contributed by atoms with Gasteiger partial charge >= 0.3 is 5.97 Å². The Labute approximate surface area is 159 Å². The average molecular weight is 386 g/mol. The van der Waals surface area contributed by atoms with Gasteiger partial charge in [0.25, 0.3) is 0 Å². The SMILES string of the molecule is CC(=O)NCc1ccc(C(=O)C(C)OC(=O)Cc2noc3ccccc23)s1. The van der Waals surface area contributed by atoms with Crippen LogP contribution in [0, 0.1) is 0 Å². The molecule has 0 aliphatic heterocycles. The number of nitrogens with zero attached hydrogens (tertiary/aromatic N) is 1. The Morgan fingerprint density at radius 1 is 1.22 bits per heavy atom. The molecule has 0 bridgehead atoms. The summed E-state index contributed by atoms with van der Waals surface area (Å²) in [6, 6.07) is 10.7. The van der Waals surface area contributed by atoms with Gasteiger partial charge in [-0.25, -0.2) is 0 Å². The fraction of sp³-hybridized carbons (Fsp3) is 0.263. The minimum Gasteiger partial charge on any atom is -0.454 e. The predicted molar refractivity (Wildman–Crippen MR) is 99.4 cm³/mol. The van der Waals surface area contributed by atoms with E-state index in [1.54, 1.807) is 18.2 Å². The number of esters is 1. The van der Waals surface area contributed by atoms with E-state index in [1.807, 2.05) is 18.2 Å². The molecule has 1 aromatic carbocycles. The standard InChI is InChI=1S/C19H18N2O5S/c1-11(19(24)17-8-7-13(27-17)10-20-12(2)22)25-18(23)9-15-14-5-3-4-6-16(14)26-21-15/h3-8,11H,9-10H2,1-2H3,(H,20,22). The van der Waals surface area contributed by atoms with Crippen LogP contribution in [0.2, 0.25) is 0 Å². The first kappa shape index (κ1) is 18.8. The van der Waals surface area contributed by atoms with E-state index >= 15 is 0 Å². The van der Waals surface area contributed by atoms with Gasteiger partial charge < -0.3 is 14.6 Å². The average Bonchev–Trinajstić information content (AvgIpc) is 3.27. The lowest BCUT2D eigenvalue weighted by atomic mass is 10.2. The molecule has 27 heavy (non-hydrogen) atoms. The molecule has 2 aromatic heterocycles. The lowest BCUT2D eigenvalue weighted by molar-refractivity contribution is -0.145. The summed E-state index contributed by atoms with van der Waals surface area (Å²) in [5.41, 5.74) is 1.07. The number of aromatic nitrogens is 1. The number of ketones is 1. The maximum atomic E-state index is 12.5. The van der Waals surface area contributed by atoms with Crippen molar-refractivity contribution in [2.24, 2.45) is 0 Å². The summed E-state index contributed by atoms with van der Waals surface area (Å²) in [6.45, 7) is 3.33. The largest absolute Gasteiger partial charge is 0.454 e. The van der Waals surface area contributed by atoms with Gasteiger partial charge in [0.1, 0.15) is 5.69 Å². The lowest BCUT2D eigenvalue weighted by Crippen LogP contribution is -2.24. The lowest BCUT2D eigenvalue weighted by Gasteiger charge is -2.10. The van der Waals surface area contributed by atoms with Gasteiger partial charge in [0, 0.05) is 17.2 Å². The number of thiophene rings is 1. The van der Waals surface area contributed by atoms with E-state index in [0.29, 0.717) is 22.7 Å². The first-order chi connectivity index (χ1) is 12.9. The van der Waals surface area contributed by atoms with Crippen LogP contribution in [-0.4, -0.2) is 28.9 Å². The Hall–Kier alpha value is -3.00. The second-order valence-corrected chi connectivity index (χ2v) is 7.14. The zero-order valence-corrected chi connectivity index (χ0v) is 15.7. The van der Waals surface area contributed by atoms with Crippen molar-refractivity contribution in [2.75, 3.05) is 0 Å². The van der Waals surface area contributed by atoms with Crippen LogP contribution in [0.1, 0.15) is 34.1 Å². The number of fused-ring (bicyclic) bond motifs is 1. The Bertz CT molecular complexity index is 991. The fourth-order valence-electron chi connectivity index (χ4n) is 2.51. The van der Waals surface area contributed by atoms with Gasteiger partial charge in [0.15, 0.2) is 11.7 Å². The van der Waals surface area contributed by atoms with Crippen LogP contribution in [-0.2, 0) is 27.3 Å². The molecular formula is C19H18N2O5S. The maximum absolute atomic E-state index is 12.5. The van der Waals surface area contributed by atoms with Gasteiger partial charge in [-0.15, -0.1) is 11.3 Å². The summed E-state index contributed by atoms with van der Waals surface area (Å²) < 4.78 is 10.4. The number of nitrogens with one attached hydrogen (secondary N) is 1. The molecule has 0 radical (unpaired) electrons. The zero-order valence-electron chi connectivity index (χ0n) is 14.9. The second-order valence-electron chi connectivity index (χ2n) is 5.97. The summed E-state index contributed by atoms with van der Waals surface area (Å²) in [5.74, 6) is -0.976. The molecule has 2 heterocycles. The van der Waals surface area contributed by atoms with Crippen molar-refractivity contribution in [1.82, 2.24) is 10.5 Å². The number of amides is 1. The van der Waals surface area contributed by atoms with E-state index in [1.165, 1.54) is 25.2 Å². The number of carbonyl (C=O) groups is 3. The number of hydrogen-bond donors (Lipinski definition) is 1. The summed E-state index contributed by atoms with van der Waals surface area (Å²) in [7, 11) is 0. The molecule has 1 unspecified atom stereocenters. The number of rotatable bonds is 7. The van der Waals surface area contributed by atoms with Crippen LogP contribution in [0.4, 0.5) is 0 Å². The van der Waals surface area contributed by atoms with E-state index in [4.69, 9.17) is 9.26 Å². The van der Waals surface area contributed by atoms with Crippen molar-refractivity contribution in [2.45, 2.75) is 32.9 Å². The predicted octanol–water partition coefficient (Wildman–Crippen LogP) is 2.88. The van der Waals surface area contributed by atoms with E-state index in [9.17, 15) is 14.4 Å². The minimum atomic E-state index is -0.914. The van der Waals surface area contributed by atoms with Crippen molar-refractivity contribution >= 4 is 40.0 Å². The normalized spacial score (nSPS) is 11.9. The van der Waals surface area contributed by atoms with Crippen LogP contribution in [0.5, 0.6) is 0 Å². The first-order valence-corrected chi connectivity index (χ1v) is 9.16. The third-order valence-electron chi connectivity index (χ3n) is 3.86. The van der Waals surface area contributed by atoms with Gasteiger partial charge in [-0.05, 0) is 31.2 Å². The van der Waals surface area contributed by atoms with E-state index in [-0.39, 0.29) is 18.1 Å². The molecule has 0 aliphatic rings. The summed E-state index contributed by atoms with van der Waals surface area (Å²) in [6.07, 6.45) is -0.990. The molecule has 1 atom stereocenters. The molecule has 0 spiro atoms. The molecule has 8 heteroatoms. The van der Waals surface area contributed by atoms with E-state index in [2.05, 4.69) is 10.5 Å². The van der Waals surface area contributed by atoms with Gasteiger partial charge in [-0.1, -0.05) is 17.3 Å². The topological polar surface area (TPSA) is 98.5 Å². The zero-order chi connectivity index (χ0) is 19.4. The highest BCUT2D eigenvalue weighted by Gasteiger charge is 2.22. The highest BCUT2D eigenvalue weighted by Crippen LogP contribution is 2.21. The van der Waals surface area contributed by atoms with Crippen molar-refractivity contribution in [3.05, 3.63) is 51.8 Å². The third-order valence-corrected chi connectivity index (χ3v) is 4.96. The molecule has 140 valence electrons. The van der Waals surface area contributed by atoms with Crippen LogP contribution in [0.3, 0.4) is 0 Å². The van der Waals surface area contributed by atoms with Gasteiger partial charge in [0.05, 0.1) is 17.8 Å². The summed E-state index contributed by atoms with van der Waals surface area (Å²) >= 11 is 1.26. The Balaban J connectivity index is 1.59. The quantitative estimate of drug-likeness (QED) is 0.495. The number of para-hydroxylation sites is 1. The molecule has 7 nitrogen and oxygen atoms in total. The van der Waals surface area contributed by atoms with Crippen molar-refractivity contribution in [3.63, 3.8) is 0 Å². The Morgan fingerprint density at radius 2 is 2.00 bits per heavy atom. The second kappa shape index (κ2) is 8.13. The number of hydrogen-bond acceptors (Lipinski definition) is 7. The summed E-state index contributed by atoms with van der Waals surface area (Å²) in [4.78, 5) is 36.9. The first-order valence-electron chi connectivity index (χ1n) is 8.34. The van der Waals surface area contributed by atoms with Crippen molar-refractivity contribution in [1.29, 1.82) is 0 Å². The Kier molecular flexibility index (Phi) is 5.66. The van der Waals surface area contributed by atoms with Crippen molar-refractivity contribution in [3.8, 4) is 0 Å². The molecule has 0 fully saturated rings. The molecule has 1 amide bonds. The minimum absolute atomic E-state index is 0.0765. The highest BCUT2D eigenvalue weighted by molar-refractivity contribution is 7.14. The third kappa shape index (κ3) is 4.59. The van der Waals surface area contributed by atoms with E-state index in [0.717, 1.165) is 10.3 Å². The number of Topliss-reactive ketones (excluding diaryl/α,β-unsaturated/α-hetero) is 1. The molecule has 0 saturated heterocycles. The molecular weight excluding hydrogens is 368 g/mol. The van der Waals surface area contributed by atoms with Gasteiger partial charge in [0.2, 0.25) is 11.7 Å². The van der Waals surface area contributed by atoms with Gasteiger partial charge in [-0.2, -0.15) is 0 Å². The molecule has 0 saturated carbocycles. The van der Waals surface area contributed by atoms with Crippen LogP contribution >= 0.6 is 11.3 Å². The molecule has 3 rings (SSSR count). The molecule has 1 N–H and O–H groups in total. The number of carbonyl (C=O) groups excluding carboxylic acids is 3. The monoisotopic (exact) mass is 386 g/mol. The Morgan fingerprint density at radius 3 is 2.78 bits per heavy atom. The maximum Gasteiger partial charge on any atom is 0.312 e. The number of ether oxygens (including phenoxy) is 1. The van der Waals surface area contributed by atoms with Crippen LogP contribution in [0.25, 0.3) is 11.0 Å². The van der Waals surface area contributed by atoms with Crippen molar-refractivity contribution < 1.29 is 23.6 Å². The molecule has 3 aromatic rings. The van der Waals surface area contributed by atoms with Crippen LogP contribution < -0.4 is 5.32 Å². The summed E-state index contributed by atoms with van der Waals surface area (Å²) in [5, 5.41) is 7.31. The highest BCUT2D eigenvalue weighted by atomic mass is 32.1. The van der Waals surface area contributed by atoms with Gasteiger partial charge in [-0.3, -0.25) is 14.4 Å². The van der Waals surface area contributed by atoms with Crippen LogP contribution in [0.15, 0.2) is 40.9 Å². The smallest absolute Gasteiger partial charge is 0.312 e. The fourth-order valence-corrected chi connectivity index (χ4v) is 3.48.